The summed E-state index contributed by atoms with van der Waals surface area (Å²) in [6.07, 6.45) is 6.30. The quantitative estimate of drug-likeness (QED) is 0.807. The number of rotatable bonds is 6. The molecular weight excluding hydrogens is 312 g/mol. The number of likely N-dealkylation sites (N-methyl/N-ethyl adjacent to an activating group) is 1. The second kappa shape index (κ2) is 6.89. The van der Waals surface area contributed by atoms with E-state index in [1.807, 2.05) is 0 Å². The van der Waals surface area contributed by atoms with Gasteiger partial charge in [-0.1, -0.05) is 29.8 Å². The molecule has 1 aliphatic heterocycles. The molecule has 134 valence electrons. The summed E-state index contributed by atoms with van der Waals surface area (Å²) in [7, 11) is 4.20. The number of piperidine rings is 1. The highest BCUT2D eigenvalue weighted by Gasteiger charge is 2.49. The van der Waals surface area contributed by atoms with Gasteiger partial charge in [-0.3, -0.25) is 4.90 Å². The second-order valence-corrected chi connectivity index (χ2v) is 7.98. The monoisotopic (exact) mass is 340 g/mol. The summed E-state index contributed by atoms with van der Waals surface area (Å²) in [5.74, 6) is 1.53. The molecule has 2 aliphatic rings. The molecule has 5 heteroatoms. The van der Waals surface area contributed by atoms with Gasteiger partial charge in [0, 0.05) is 18.7 Å². The Morgan fingerprint density at radius 3 is 2.68 bits per heavy atom. The summed E-state index contributed by atoms with van der Waals surface area (Å²) in [5.41, 5.74) is 2.48. The highest BCUT2D eigenvalue weighted by Crippen LogP contribution is 2.48. The molecule has 0 radical (unpaired) electrons. The fraction of sp³-hybridized carbons (Fsp3) is 0.600. The van der Waals surface area contributed by atoms with Crippen molar-refractivity contribution in [2.45, 2.75) is 44.1 Å². The maximum absolute atomic E-state index is 5.64. The van der Waals surface area contributed by atoms with E-state index in [2.05, 4.69) is 53.3 Å². The highest BCUT2D eigenvalue weighted by atomic mass is 16.5. The SMILES string of the molecule is CN(C)CC1(c2nc(-c3cccc(CN4CCCCC4)c3)no2)CC1. The molecule has 25 heavy (non-hydrogen) atoms. The zero-order chi connectivity index (χ0) is 17.3. The first-order chi connectivity index (χ1) is 12.1. The van der Waals surface area contributed by atoms with Gasteiger partial charge in [-0.15, -0.1) is 0 Å². The van der Waals surface area contributed by atoms with Crippen LogP contribution in [0.5, 0.6) is 0 Å². The van der Waals surface area contributed by atoms with Crippen molar-refractivity contribution in [3.63, 3.8) is 0 Å². The van der Waals surface area contributed by atoms with E-state index in [9.17, 15) is 0 Å². The topological polar surface area (TPSA) is 45.4 Å². The van der Waals surface area contributed by atoms with Gasteiger partial charge >= 0.3 is 0 Å². The highest BCUT2D eigenvalue weighted by molar-refractivity contribution is 5.55. The fourth-order valence-corrected chi connectivity index (χ4v) is 3.94. The van der Waals surface area contributed by atoms with Crippen LogP contribution in [0, 0.1) is 0 Å². The van der Waals surface area contributed by atoms with Gasteiger partial charge in [0.1, 0.15) is 0 Å². The molecular formula is C20H28N4O. The van der Waals surface area contributed by atoms with Crippen LogP contribution in [0.1, 0.15) is 43.6 Å². The van der Waals surface area contributed by atoms with Crippen LogP contribution in [0.15, 0.2) is 28.8 Å². The van der Waals surface area contributed by atoms with Crippen LogP contribution in [0.3, 0.4) is 0 Å². The molecule has 5 nitrogen and oxygen atoms in total. The van der Waals surface area contributed by atoms with Gasteiger partial charge in [0.25, 0.3) is 0 Å². The van der Waals surface area contributed by atoms with E-state index >= 15 is 0 Å². The van der Waals surface area contributed by atoms with Crippen LogP contribution in [0.2, 0.25) is 0 Å². The Balaban J connectivity index is 1.50. The van der Waals surface area contributed by atoms with Crippen molar-refractivity contribution in [2.24, 2.45) is 0 Å². The number of benzene rings is 1. The molecule has 2 fully saturated rings. The zero-order valence-corrected chi connectivity index (χ0v) is 15.4. The first-order valence-corrected chi connectivity index (χ1v) is 9.45. The van der Waals surface area contributed by atoms with Gasteiger partial charge < -0.3 is 9.42 Å². The number of hydrogen-bond donors (Lipinski definition) is 0. The Morgan fingerprint density at radius 2 is 1.96 bits per heavy atom. The summed E-state index contributed by atoms with van der Waals surface area (Å²) < 4.78 is 5.64. The molecule has 0 bridgehead atoms. The summed E-state index contributed by atoms with van der Waals surface area (Å²) in [6.45, 7) is 4.42. The van der Waals surface area contributed by atoms with Crippen molar-refractivity contribution >= 4 is 0 Å². The smallest absolute Gasteiger partial charge is 0.234 e. The van der Waals surface area contributed by atoms with Crippen molar-refractivity contribution < 1.29 is 4.52 Å². The van der Waals surface area contributed by atoms with Crippen molar-refractivity contribution in [2.75, 3.05) is 33.7 Å². The zero-order valence-electron chi connectivity index (χ0n) is 15.4. The third-order valence-electron chi connectivity index (χ3n) is 5.39. The molecule has 0 atom stereocenters. The van der Waals surface area contributed by atoms with E-state index in [4.69, 9.17) is 9.51 Å². The Morgan fingerprint density at radius 1 is 1.16 bits per heavy atom. The van der Waals surface area contributed by atoms with Gasteiger partial charge in [0.15, 0.2) is 0 Å². The molecule has 1 saturated carbocycles. The Bertz CT molecular complexity index is 714. The third kappa shape index (κ3) is 3.77. The lowest BCUT2D eigenvalue weighted by atomic mass is 10.1. The van der Waals surface area contributed by atoms with Crippen LogP contribution >= 0.6 is 0 Å². The number of hydrogen-bond acceptors (Lipinski definition) is 5. The summed E-state index contributed by atoms with van der Waals surface area (Å²) >= 11 is 0. The van der Waals surface area contributed by atoms with Gasteiger partial charge in [-0.25, -0.2) is 0 Å². The summed E-state index contributed by atoms with van der Waals surface area (Å²) in [6, 6.07) is 8.61. The van der Waals surface area contributed by atoms with Crippen LogP contribution in [0.25, 0.3) is 11.4 Å². The Kier molecular flexibility index (Phi) is 4.61. The lowest BCUT2D eigenvalue weighted by Gasteiger charge is -2.26. The Hall–Kier alpha value is -1.72. The van der Waals surface area contributed by atoms with Crippen LogP contribution in [-0.2, 0) is 12.0 Å². The minimum atomic E-state index is 0.0835. The molecule has 1 aromatic heterocycles. The van der Waals surface area contributed by atoms with Crippen LogP contribution in [0.4, 0.5) is 0 Å². The van der Waals surface area contributed by atoms with Gasteiger partial charge in [-0.05, 0) is 64.5 Å². The number of likely N-dealkylation sites (tertiary alicyclic amines) is 1. The van der Waals surface area contributed by atoms with E-state index in [1.54, 1.807) is 0 Å². The van der Waals surface area contributed by atoms with Crippen molar-refractivity contribution in [3.05, 3.63) is 35.7 Å². The number of aromatic nitrogens is 2. The lowest BCUT2D eigenvalue weighted by molar-refractivity contribution is 0.221. The van der Waals surface area contributed by atoms with Crippen molar-refractivity contribution in [1.82, 2.24) is 19.9 Å². The maximum atomic E-state index is 5.64. The first-order valence-electron chi connectivity index (χ1n) is 9.45. The number of nitrogens with zero attached hydrogens (tertiary/aromatic N) is 4. The Labute approximate surface area is 150 Å². The summed E-state index contributed by atoms with van der Waals surface area (Å²) in [5, 5.41) is 4.27. The molecule has 0 unspecified atom stereocenters. The maximum Gasteiger partial charge on any atom is 0.234 e. The van der Waals surface area contributed by atoms with E-state index in [0.29, 0.717) is 0 Å². The molecule has 4 rings (SSSR count). The second-order valence-electron chi connectivity index (χ2n) is 7.98. The molecule has 1 saturated heterocycles. The summed E-state index contributed by atoms with van der Waals surface area (Å²) in [4.78, 5) is 9.48. The van der Waals surface area contributed by atoms with E-state index in [-0.39, 0.29) is 5.41 Å². The standard InChI is InChI=1S/C20H28N4O/c1-23(2)15-20(9-10-20)19-21-18(22-25-19)17-8-6-7-16(13-17)14-24-11-4-3-5-12-24/h6-8,13H,3-5,9-12,14-15H2,1-2H3. The predicted molar refractivity (Wildman–Crippen MR) is 98.3 cm³/mol. The van der Waals surface area contributed by atoms with Crippen LogP contribution in [-0.4, -0.2) is 53.7 Å². The minimum Gasteiger partial charge on any atom is -0.338 e. The van der Waals surface area contributed by atoms with Crippen LogP contribution < -0.4 is 0 Å². The van der Waals surface area contributed by atoms with Gasteiger partial charge in [0.05, 0.1) is 5.41 Å². The molecule has 0 N–H and O–H groups in total. The van der Waals surface area contributed by atoms with E-state index in [0.717, 1.165) is 43.2 Å². The van der Waals surface area contributed by atoms with E-state index < -0.39 is 0 Å². The fourth-order valence-electron chi connectivity index (χ4n) is 3.94. The molecule has 1 aliphatic carbocycles. The molecule has 0 spiro atoms. The average molecular weight is 340 g/mol. The third-order valence-corrected chi connectivity index (χ3v) is 5.39. The first kappa shape index (κ1) is 16.7. The normalized spacial score (nSPS) is 20.1. The van der Waals surface area contributed by atoms with Gasteiger partial charge in [0.2, 0.25) is 11.7 Å². The average Bonchev–Trinajstić information content (AvgIpc) is 3.20. The van der Waals surface area contributed by atoms with Crippen molar-refractivity contribution in [1.29, 1.82) is 0 Å². The predicted octanol–water partition coefficient (Wildman–Crippen LogP) is 3.32. The van der Waals surface area contributed by atoms with Crippen molar-refractivity contribution in [3.8, 4) is 11.4 Å². The molecule has 0 amide bonds. The molecule has 2 aromatic rings. The van der Waals surface area contributed by atoms with Gasteiger partial charge in [-0.2, -0.15) is 4.98 Å². The molecule has 2 heterocycles. The lowest BCUT2D eigenvalue weighted by Crippen LogP contribution is -2.29. The molecule has 1 aromatic carbocycles. The van der Waals surface area contributed by atoms with E-state index in [1.165, 1.54) is 37.9 Å². The minimum absolute atomic E-state index is 0.0835. The largest absolute Gasteiger partial charge is 0.338 e.